The zero-order chi connectivity index (χ0) is 16.3. The number of methoxy groups -OCH3 is 1. The van der Waals surface area contributed by atoms with Crippen LogP contribution in [0.4, 0.5) is 0 Å². The van der Waals surface area contributed by atoms with Gasteiger partial charge in [0.1, 0.15) is 5.75 Å². The Labute approximate surface area is 139 Å². The van der Waals surface area contributed by atoms with E-state index < -0.39 is 10.2 Å². The van der Waals surface area contributed by atoms with Crippen LogP contribution in [-0.4, -0.2) is 43.8 Å². The lowest BCUT2D eigenvalue weighted by atomic mass is 10.0. The van der Waals surface area contributed by atoms with Gasteiger partial charge in [-0.1, -0.05) is 25.0 Å². The minimum Gasteiger partial charge on any atom is -0.497 e. The first-order chi connectivity index (χ1) is 11.1. The molecule has 1 aromatic carbocycles. The maximum atomic E-state index is 13.1. The second-order valence-electron chi connectivity index (χ2n) is 6.36. The molecule has 2 saturated heterocycles. The summed E-state index contributed by atoms with van der Waals surface area (Å²) in [5.41, 5.74) is 1.07. The summed E-state index contributed by atoms with van der Waals surface area (Å²) in [5.74, 6) is 0.802. The molecule has 0 aromatic heterocycles. The second kappa shape index (κ2) is 7.20. The number of rotatable bonds is 4. The topological polar surface area (TPSA) is 49.9 Å². The smallest absolute Gasteiger partial charge is 0.282 e. The largest absolute Gasteiger partial charge is 0.497 e. The second-order valence-corrected chi connectivity index (χ2v) is 8.24. The Kier molecular flexibility index (Phi) is 5.24. The molecule has 0 saturated carbocycles. The third-order valence-electron chi connectivity index (χ3n) is 4.89. The molecule has 23 heavy (non-hydrogen) atoms. The lowest BCUT2D eigenvalue weighted by Crippen LogP contribution is -2.44. The van der Waals surface area contributed by atoms with Crippen molar-refractivity contribution in [2.24, 2.45) is 0 Å². The molecule has 0 aliphatic carbocycles. The van der Waals surface area contributed by atoms with Gasteiger partial charge < -0.3 is 4.74 Å². The van der Waals surface area contributed by atoms with Crippen LogP contribution < -0.4 is 4.74 Å². The third kappa shape index (κ3) is 3.54. The highest BCUT2D eigenvalue weighted by Crippen LogP contribution is 2.34. The molecule has 6 heteroatoms. The predicted molar refractivity (Wildman–Crippen MR) is 90.6 cm³/mol. The van der Waals surface area contributed by atoms with Gasteiger partial charge >= 0.3 is 0 Å². The molecule has 2 aliphatic heterocycles. The summed E-state index contributed by atoms with van der Waals surface area (Å²) in [4.78, 5) is 0. The van der Waals surface area contributed by atoms with Crippen LogP contribution in [0.15, 0.2) is 24.3 Å². The Hall–Kier alpha value is -1.11. The maximum Gasteiger partial charge on any atom is 0.282 e. The first kappa shape index (κ1) is 16.7. The molecule has 1 unspecified atom stereocenters. The summed E-state index contributed by atoms with van der Waals surface area (Å²) < 4.78 is 34.8. The van der Waals surface area contributed by atoms with Crippen molar-refractivity contribution in [3.8, 4) is 5.75 Å². The molecule has 0 bridgehead atoms. The summed E-state index contributed by atoms with van der Waals surface area (Å²) in [6.45, 7) is 1.94. The molecule has 3 rings (SSSR count). The molecule has 1 atom stereocenters. The maximum absolute atomic E-state index is 13.1. The summed E-state index contributed by atoms with van der Waals surface area (Å²) in [6, 6.07) is 7.78. The molecule has 0 amide bonds. The lowest BCUT2D eigenvalue weighted by molar-refractivity contribution is 0.299. The molecule has 128 valence electrons. The van der Waals surface area contributed by atoms with Crippen molar-refractivity contribution in [2.75, 3.05) is 26.7 Å². The van der Waals surface area contributed by atoms with Crippen LogP contribution in [0, 0.1) is 0 Å². The van der Waals surface area contributed by atoms with E-state index in [0.717, 1.165) is 49.8 Å². The van der Waals surface area contributed by atoms with Crippen LogP contribution in [0.1, 0.15) is 50.1 Å². The predicted octanol–water partition coefficient (Wildman–Crippen LogP) is 2.95. The van der Waals surface area contributed by atoms with Crippen molar-refractivity contribution in [2.45, 2.75) is 44.6 Å². The Bertz CT molecular complexity index is 609. The summed E-state index contributed by atoms with van der Waals surface area (Å²) in [5, 5.41) is 0. The van der Waals surface area contributed by atoms with Gasteiger partial charge in [-0.3, -0.25) is 0 Å². The van der Waals surface area contributed by atoms with Crippen LogP contribution in [0.3, 0.4) is 0 Å². The lowest BCUT2D eigenvalue weighted by Gasteiger charge is -2.32. The van der Waals surface area contributed by atoms with Gasteiger partial charge in [-0.05, 0) is 43.4 Å². The van der Waals surface area contributed by atoms with E-state index in [-0.39, 0.29) is 6.04 Å². The SMILES string of the molecule is COc1ccc(C2CCCCCN2S(=O)(=O)N2CCCC2)cc1. The van der Waals surface area contributed by atoms with Crippen LogP contribution in [-0.2, 0) is 10.2 Å². The van der Waals surface area contributed by atoms with Gasteiger partial charge in [0.15, 0.2) is 0 Å². The van der Waals surface area contributed by atoms with E-state index in [1.165, 1.54) is 0 Å². The molecule has 0 radical (unpaired) electrons. The van der Waals surface area contributed by atoms with Gasteiger partial charge in [0, 0.05) is 19.6 Å². The molecule has 0 N–H and O–H groups in total. The average molecular weight is 338 g/mol. The van der Waals surface area contributed by atoms with E-state index in [1.807, 2.05) is 24.3 Å². The van der Waals surface area contributed by atoms with E-state index in [1.54, 1.807) is 15.7 Å². The molecule has 2 aliphatic rings. The highest BCUT2D eigenvalue weighted by Gasteiger charge is 2.37. The van der Waals surface area contributed by atoms with E-state index in [0.29, 0.717) is 19.6 Å². The van der Waals surface area contributed by atoms with Gasteiger partial charge in [-0.15, -0.1) is 0 Å². The monoisotopic (exact) mass is 338 g/mol. The fourth-order valence-corrected chi connectivity index (χ4v) is 5.51. The minimum atomic E-state index is -3.36. The average Bonchev–Trinajstić information content (AvgIpc) is 3.00. The van der Waals surface area contributed by atoms with Crippen LogP contribution in [0.5, 0.6) is 5.75 Å². The van der Waals surface area contributed by atoms with Crippen LogP contribution >= 0.6 is 0 Å². The van der Waals surface area contributed by atoms with E-state index >= 15 is 0 Å². The highest BCUT2D eigenvalue weighted by molar-refractivity contribution is 7.86. The van der Waals surface area contributed by atoms with E-state index in [2.05, 4.69) is 0 Å². The third-order valence-corrected chi connectivity index (χ3v) is 6.94. The highest BCUT2D eigenvalue weighted by atomic mass is 32.2. The van der Waals surface area contributed by atoms with E-state index in [9.17, 15) is 8.42 Å². The molecule has 5 nitrogen and oxygen atoms in total. The van der Waals surface area contributed by atoms with Crippen molar-refractivity contribution < 1.29 is 13.2 Å². The normalized spacial score (nSPS) is 24.5. The first-order valence-corrected chi connectivity index (χ1v) is 9.93. The van der Waals surface area contributed by atoms with Crippen molar-refractivity contribution in [1.82, 2.24) is 8.61 Å². The Morgan fingerprint density at radius 1 is 0.957 bits per heavy atom. The fourth-order valence-electron chi connectivity index (χ4n) is 3.58. The van der Waals surface area contributed by atoms with Crippen molar-refractivity contribution >= 4 is 10.2 Å². The standard InChI is InChI=1S/C17H26N2O3S/c1-22-16-10-8-15(9-11-16)17-7-3-2-4-14-19(17)23(20,21)18-12-5-6-13-18/h8-11,17H,2-7,12-14H2,1H3. The minimum absolute atomic E-state index is 0.0611. The van der Waals surface area contributed by atoms with Gasteiger partial charge in [0.25, 0.3) is 10.2 Å². The summed E-state index contributed by atoms with van der Waals surface area (Å²) in [6.07, 6.45) is 5.95. The zero-order valence-electron chi connectivity index (χ0n) is 13.8. The Balaban J connectivity index is 1.90. The molecule has 1 aromatic rings. The van der Waals surface area contributed by atoms with Crippen LogP contribution in [0.2, 0.25) is 0 Å². The Morgan fingerprint density at radius 3 is 2.26 bits per heavy atom. The number of nitrogens with zero attached hydrogens (tertiary/aromatic N) is 2. The molecular formula is C17H26N2O3S. The first-order valence-electron chi connectivity index (χ1n) is 8.54. The zero-order valence-corrected chi connectivity index (χ0v) is 14.6. The number of hydrogen-bond acceptors (Lipinski definition) is 3. The van der Waals surface area contributed by atoms with Crippen molar-refractivity contribution in [1.29, 1.82) is 0 Å². The van der Waals surface area contributed by atoms with Gasteiger partial charge in [0.2, 0.25) is 0 Å². The number of hydrogen-bond donors (Lipinski definition) is 0. The van der Waals surface area contributed by atoms with E-state index in [4.69, 9.17) is 4.74 Å². The quantitative estimate of drug-likeness (QED) is 0.848. The van der Waals surface area contributed by atoms with Crippen molar-refractivity contribution in [3.05, 3.63) is 29.8 Å². The van der Waals surface area contributed by atoms with Gasteiger partial charge in [0.05, 0.1) is 13.2 Å². The summed E-state index contributed by atoms with van der Waals surface area (Å²) >= 11 is 0. The van der Waals surface area contributed by atoms with Gasteiger partial charge in [-0.25, -0.2) is 0 Å². The molecular weight excluding hydrogens is 312 g/mol. The number of ether oxygens (including phenoxy) is 1. The summed E-state index contributed by atoms with van der Waals surface area (Å²) in [7, 11) is -1.72. The van der Waals surface area contributed by atoms with Gasteiger partial charge in [-0.2, -0.15) is 17.0 Å². The number of benzene rings is 1. The fraction of sp³-hybridized carbons (Fsp3) is 0.647. The molecule has 0 spiro atoms. The molecule has 2 fully saturated rings. The molecule has 2 heterocycles. The Morgan fingerprint density at radius 2 is 1.61 bits per heavy atom. The van der Waals surface area contributed by atoms with Crippen LogP contribution in [0.25, 0.3) is 0 Å². The van der Waals surface area contributed by atoms with Crippen molar-refractivity contribution in [3.63, 3.8) is 0 Å².